The number of likely N-dealkylation sites (N-methyl/N-ethyl adjacent to an activating group) is 1. The van der Waals surface area contributed by atoms with Crippen LogP contribution in [0.15, 0.2) is 29.3 Å². The number of nitrogens with one attached hydrogen (secondary N) is 2. The van der Waals surface area contributed by atoms with Gasteiger partial charge < -0.3 is 20.3 Å². The van der Waals surface area contributed by atoms with Crippen molar-refractivity contribution in [2.24, 2.45) is 10.9 Å². The Hall–Kier alpha value is -1.75. The maximum atomic E-state index is 5.19. The molecule has 0 bridgehead atoms. The molecule has 0 aliphatic heterocycles. The van der Waals surface area contributed by atoms with Crippen LogP contribution in [0.1, 0.15) is 32.3 Å². The summed E-state index contributed by atoms with van der Waals surface area (Å²) in [4.78, 5) is 6.64. The van der Waals surface area contributed by atoms with E-state index >= 15 is 0 Å². The molecule has 0 fully saturated rings. The van der Waals surface area contributed by atoms with Crippen molar-refractivity contribution < 1.29 is 4.74 Å². The van der Waals surface area contributed by atoms with Gasteiger partial charge in [0.1, 0.15) is 5.75 Å². The Labute approximate surface area is 147 Å². The van der Waals surface area contributed by atoms with Crippen LogP contribution in [0.5, 0.6) is 5.75 Å². The van der Waals surface area contributed by atoms with Gasteiger partial charge in [-0.25, -0.2) is 0 Å². The smallest absolute Gasteiger partial charge is 0.191 e. The summed E-state index contributed by atoms with van der Waals surface area (Å²) in [5.41, 5.74) is 1.20. The highest BCUT2D eigenvalue weighted by Crippen LogP contribution is 2.16. The highest BCUT2D eigenvalue weighted by atomic mass is 16.5. The maximum absolute atomic E-state index is 5.19. The highest BCUT2D eigenvalue weighted by Gasteiger charge is 2.20. The number of benzene rings is 1. The first-order valence-corrected chi connectivity index (χ1v) is 8.79. The number of methoxy groups -OCH3 is 1. The lowest BCUT2D eigenvalue weighted by molar-refractivity contribution is 0.200. The summed E-state index contributed by atoms with van der Waals surface area (Å²) in [7, 11) is 7.79. The molecular weight excluding hydrogens is 300 g/mol. The van der Waals surface area contributed by atoms with Gasteiger partial charge in [-0.15, -0.1) is 0 Å². The number of guanidine groups is 1. The fourth-order valence-electron chi connectivity index (χ4n) is 2.95. The third-order valence-electron chi connectivity index (χ3n) is 4.58. The molecule has 1 unspecified atom stereocenters. The van der Waals surface area contributed by atoms with Crippen molar-refractivity contribution in [3.05, 3.63) is 29.8 Å². The average Bonchev–Trinajstić information content (AvgIpc) is 2.61. The predicted octanol–water partition coefficient (Wildman–Crippen LogP) is 2.73. The van der Waals surface area contributed by atoms with E-state index in [0.29, 0.717) is 12.0 Å². The van der Waals surface area contributed by atoms with E-state index in [4.69, 9.17) is 4.74 Å². The molecule has 0 spiro atoms. The zero-order valence-corrected chi connectivity index (χ0v) is 16.1. The lowest BCUT2D eigenvalue weighted by atomic mass is 9.93. The summed E-state index contributed by atoms with van der Waals surface area (Å²) in [6, 6.07) is 8.57. The predicted molar refractivity (Wildman–Crippen MR) is 103 cm³/mol. The van der Waals surface area contributed by atoms with Crippen LogP contribution in [-0.2, 0) is 6.54 Å². The van der Waals surface area contributed by atoms with Crippen LogP contribution in [-0.4, -0.2) is 51.7 Å². The minimum atomic E-state index is 0.500. The molecule has 1 rings (SSSR count). The number of rotatable bonds is 9. The zero-order valence-electron chi connectivity index (χ0n) is 16.1. The van der Waals surface area contributed by atoms with Gasteiger partial charge in [-0.3, -0.25) is 4.99 Å². The molecular formula is C19H34N4O. The fraction of sp³-hybridized carbons (Fsp3) is 0.632. The van der Waals surface area contributed by atoms with Gasteiger partial charge >= 0.3 is 0 Å². The van der Waals surface area contributed by atoms with E-state index in [1.807, 2.05) is 19.2 Å². The van der Waals surface area contributed by atoms with Gasteiger partial charge in [0.15, 0.2) is 5.96 Å². The molecule has 1 aromatic rings. The van der Waals surface area contributed by atoms with Crippen molar-refractivity contribution in [3.63, 3.8) is 0 Å². The molecule has 0 aliphatic rings. The van der Waals surface area contributed by atoms with E-state index in [1.54, 1.807) is 7.11 Å². The number of nitrogens with zero attached hydrogens (tertiary/aromatic N) is 2. The molecule has 2 N–H and O–H groups in total. The van der Waals surface area contributed by atoms with Crippen molar-refractivity contribution in [2.75, 3.05) is 34.8 Å². The Morgan fingerprint density at radius 3 is 2.21 bits per heavy atom. The topological polar surface area (TPSA) is 48.9 Å². The van der Waals surface area contributed by atoms with Crippen LogP contribution in [0, 0.1) is 5.92 Å². The SMILES string of the molecule is CCC(CC)C(CNC(=NC)NCc1ccc(OC)cc1)N(C)C. The van der Waals surface area contributed by atoms with Crippen molar-refractivity contribution >= 4 is 5.96 Å². The summed E-state index contributed by atoms with van der Waals surface area (Å²) < 4.78 is 5.19. The molecule has 1 aromatic carbocycles. The lowest BCUT2D eigenvalue weighted by Gasteiger charge is -2.32. The summed E-state index contributed by atoms with van der Waals surface area (Å²) >= 11 is 0. The molecule has 5 heteroatoms. The molecule has 0 heterocycles. The normalized spacial score (nSPS) is 13.2. The molecule has 0 radical (unpaired) electrons. The van der Waals surface area contributed by atoms with E-state index in [-0.39, 0.29) is 0 Å². The molecule has 1 atom stereocenters. The zero-order chi connectivity index (χ0) is 17.9. The van der Waals surface area contributed by atoms with Gasteiger partial charge in [0.25, 0.3) is 0 Å². The van der Waals surface area contributed by atoms with Crippen LogP contribution < -0.4 is 15.4 Å². The fourth-order valence-corrected chi connectivity index (χ4v) is 2.95. The largest absolute Gasteiger partial charge is 0.497 e. The molecule has 0 saturated heterocycles. The van der Waals surface area contributed by atoms with Crippen molar-refractivity contribution in [1.82, 2.24) is 15.5 Å². The van der Waals surface area contributed by atoms with E-state index in [2.05, 4.69) is 60.6 Å². The number of hydrogen-bond acceptors (Lipinski definition) is 3. The van der Waals surface area contributed by atoms with Crippen molar-refractivity contribution in [2.45, 2.75) is 39.3 Å². The van der Waals surface area contributed by atoms with Gasteiger partial charge in [0.2, 0.25) is 0 Å². The van der Waals surface area contributed by atoms with E-state index in [0.717, 1.165) is 24.8 Å². The van der Waals surface area contributed by atoms with Crippen molar-refractivity contribution in [1.29, 1.82) is 0 Å². The van der Waals surface area contributed by atoms with Crippen LogP contribution >= 0.6 is 0 Å². The van der Waals surface area contributed by atoms with Gasteiger partial charge in [0, 0.05) is 26.2 Å². The Kier molecular flexibility index (Phi) is 9.23. The average molecular weight is 335 g/mol. The summed E-state index contributed by atoms with van der Waals surface area (Å²) in [6.07, 6.45) is 2.39. The quantitative estimate of drug-likeness (QED) is 0.538. The van der Waals surface area contributed by atoms with E-state index < -0.39 is 0 Å². The third kappa shape index (κ3) is 6.40. The second kappa shape index (κ2) is 10.9. The molecule has 0 amide bonds. The first kappa shape index (κ1) is 20.3. The van der Waals surface area contributed by atoms with Crippen LogP contribution in [0.3, 0.4) is 0 Å². The summed E-state index contributed by atoms with van der Waals surface area (Å²) in [5.74, 6) is 2.40. The van der Waals surface area contributed by atoms with E-state index in [1.165, 1.54) is 18.4 Å². The van der Waals surface area contributed by atoms with Gasteiger partial charge in [-0.2, -0.15) is 0 Å². The molecule has 136 valence electrons. The third-order valence-corrected chi connectivity index (χ3v) is 4.58. The van der Waals surface area contributed by atoms with Gasteiger partial charge in [0.05, 0.1) is 7.11 Å². The Bertz CT molecular complexity index is 481. The van der Waals surface area contributed by atoms with Crippen LogP contribution in [0.2, 0.25) is 0 Å². The summed E-state index contributed by atoms with van der Waals surface area (Å²) in [5, 5.41) is 6.84. The van der Waals surface area contributed by atoms with Gasteiger partial charge in [-0.05, 0) is 37.7 Å². The first-order valence-electron chi connectivity index (χ1n) is 8.79. The van der Waals surface area contributed by atoms with Crippen LogP contribution in [0.25, 0.3) is 0 Å². The minimum Gasteiger partial charge on any atom is -0.497 e. The molecule has 24 heavy (non-hydrogen) atoms. The molecule has 5 nitrogen and oxygen atoms in total. The monoisotopic (exact) mass is 334 g/mol. The molecule has 0 aromatic heterocycles. The number of aliphatic imine (C=N–C) groups is 1. The standard InChI is InChI=1S/C19H34N4O/c1-7-16(8-2)18(23(4)5)14-22-19(20-3)21-13-15-9-11-17(24-6)12-10-15/h9-12,16,18H,7-8,13-14H2,1-6H3,(H2,20,21,22). The number of ether oxygens (including phenoxy) is 1. The van der Waals surface area contributed by atoms with Gasteiger partial charge in [-0.1, -0.05) is 38.8 Å². The molecule has 0 saturated carbocycles. The minimum absolute atomic E-state index is 0.500. The maximum Gasteiger partial charge on any atom is 0.191 e. The van der Waals surface area contributed by atoms with Crippen molar-refractivity contribution in [3.8, 4) is 5.75 Å². The van der Waals surface area contributed by atoms with E-state index in [9.17, 15) is 0 Å². The number of hydrogen-bond donors (Lipinski definition) is 2. The second-order valence-corrected chi connectivity index (χ2v) is 6.26. The molecule has 0 aliphatic carbocycles. The Morgan fingerprint density at radius 1 is 1.12 bits per heavy atom. The second-order valence-electron chi connectivity index (χ2n) is 6.26. The first-order chi connectivity index (χ1) is 11.5. The lowest BCUT2D eigenvalue weighted by Crippen LogP contribution is -2.47. The highest BCUT2D eigenvalue weighted by molar-refractivity contribution is 5.79. The Morgan fingerprint density at radius 2 is 1.75 bits per heavy atom. The Balaban J connectivity index is 2.54. The summed E-state index contributed by atoms with van der Waals surface area (Å²) in [6.45, 7) is 6.16. The van der Waals surface area contributed by atoms with Crippen LogP contribution in [0.4, 0.5) is 0 Å².